The Morgan fingerprint density at radius 2 is 1.96 bits per heavy atom. The van der Waals surface area contributed by atoms with Gasteiger partial charge in [-0.2, -0.15) is 0 Å². The van der Waals surface area contributed by atoms with Crippen LogP contribution in [0.1, 0.15) is 18.2 Å². The molecule has 5 nitrogen and oxygen atoms in total. The largest absolute Gasteiger partial charge is 0.328 e. The molecule has 0 aliphatic carbocycles. The fourth-order valence-electron chi connectivity index (χ4n) is 2.81. The highest BCUT2D eigenvalue weighted by molar-refractivity contribution is 5.98. The third kappa shape index (κ3) is 3.39. The number of fused-ring (bicyclic) bond motifs is 1. The molecule has 0 unspecified atom stereocenters. The molecule has 0 saturated heterocycles. The molecule has 0 radical (unpaired) electrons. The number of para-hydroxylation sites is 1. The zero-order valence-corrected chi connectivity index (χ0v) is 13.1. The van der Waals surface area contributed by atoms with Gasteiger partial charge >= 0.3 is 0 Å². The van der Waals surface area contributed by atoms with Crippen LogP contribution < -0.4 is 4.90 Å². The molecular formula is C18H19N3O2. The lowest BCUT2D eigenvalue weighted by molar-refractivity contribution is -0.134. The van der Waals surface area contributed by atoms with E-state index in [-0.39, 0.29) is 18.4 Å². The Balaban J connectivity index is 1.71. The molecule has 1 aromatic carbocycles. The van der Waals surface area contributed by atoms with Crippen molar-refractivity contribution in [1.29, 1.82) is 0 Å². The first-order valence-corrected chi connectivity index (χ1v) is 7.69. The number of aromatic nitrogens is 1. The Kier molecular flexibility index (Phi) is 4.37. The molecular weight excluding hydrogens is 290 g/mol. The Bertz CT molecular complexity index is 715. The monoisotopic (exact) mass is 309 g/mol. The highest BCUT2D eigenvalue weighted by Gasteiger charge is 2.26. The molecule has 0 saturated carbocycles. The Morgan fingerprint density at radius 1 is 1.17 bits per heavy atom. The van der Waals surface area contributed by atoms with E-state index in [1.54, 1.807) is 11.1 Å². The summed E-state index contributed by atoms with van der Waals surface area (Å²) in [4.78, 5) is 32.0. The summed E-state index contributed by atoms with van der Waals surface area (Å²) >= 11 is 0. The van der Waals surface area contributed by atoms with Gasteiger partial charge in [0.1, 0.15) is 6.54 Å². The van der Waals surface area contributed by atoms with Crippen LogP contribution in [0.25, 0.3) is 0 Å². The molecule has 0 spiro atoms. The van der Waals surface area contributed by atoms with Crippen LogP contribution in [-0.2, 0) is 22.6 Å². The summed E-state index contributed by atoms with van der Waals surface area (Å²) < 4.78 is 0. The molecule has 2 amide bonds. The summed E-state index contributed by atoms with van der Waals surface area (Å²) in [5.41, 5.74) is 2.91. The maximum Gasteiger partial charge on any atom is 0.246 e. The van der Waals surface area contributed by atoms with Crippen LogP contribution in [0.4, 0.5) is 5.69 Å². The smallest absolute Gasteiger partial charge is 0.246 e. The van der Waals surface area contributed by atoms with E-state index >= 15 is 0 Å². The van der Waals surface area contributed by atoms with Crippen LogP contribution in [0.2, 0.25) is 0 Å². The quantitative estimate of drug-likeness (QED) is 0.868. The van der Waals surface area contributed by atoms with Crippen molar-refractivity contribution in [2.75, 3.05) is 18.0 Å². The first-order chi connectivity index (χ1) is 11.1. The van der Waals surface area contributed by atoms with Crippen molar-refractivity contribution in [3.05, 3.63) is 59.9 Å². The molecule has 3 rings (SSSR count). The summed E-state index contributed by atoms with van der Waals surface area (Å²) in [6.45, 7) is 2.57. The maximum absolute atomic E-state index is 12.6. The van der Waals surface area contributed by atoms with Crippen molar-refractivity contribution in [2.24, 2.45) is 0 Å². The zero-order chi connectivity index (χ0) is 16.2. The van der Waals surface area contributed by atoms with Crippen LogP contribution in [0.5, 0.6) is 0 Å². The average Bonchev–Trinajstić information content (AvgIpc) is 2.99. The third-order valence-corrected chi connectivity index (χ3v) is 4.04. The van der Waals surface area contributed by atoms with Crippen molar-refractivity contribution in [3.63, 3.8) is 0 Å². The molecule has 0 atom stereocenters. The van der Waals surface area contributed by atoms with Gasteiger partial charge in [0, 0.05) is 25.4 Å². The SMILES string of the molecule is CC(=O)N(CC(=O)N1CCc2ccccc21)Cc1ccccn1. The van der Waals surface area contributed by atoms with Crippen LogP contribution in [0, 0.1) is 0 Å². The highest BCUT2D eigenvalue weighted by Crippen LogP contribution is 2.27. The lowest BCUT2D eigenvalue weighted by Gasteiger charge is -2.24. The minimum absolute atomic E-state index is 0.0546. The van der Waals surface area contributed by atoms with Crippen LogP contribution in [0.15, 0.2) is 48.7 Å². The van der Waals surface area contributed by atoms with Crippen LogP contribution in [0.3, 0.4) is 0 Å². The van der Waals surface area contributed by atoms with E-state index in [0.29, 0.717) is 13.1 Å². The minimum Gasteiger partial charge on any atom is -0.328 e. The van der Waals surface area contributed by atoms with Gasteiger partial charge in [-0.25, -0.2) is 0 Å². The Morgan fingerprint density at radius 3 is 2.70 bits per heavy atom. The molecule has 0 bridgehead atoms. The Hall–Kier alpha value is -2.69. The summed E-state index contributed by atoms with van der Waals surface area (Å²) in [5.74, 6) is -0.183. The van der Waals surface area contributed by atoms with Gasteiger partial charge in [-0.05, 0) is 30.2 Å². The zero-order valence-electron chi connectivity index (χ0n) is 13.1. The van der Waals surface area contributed by atoms with E-state index in [1.165, 1.54) is 17.4 Å². The molecule has 1 aliphatic rings. The highest BCUT2D eigenvalue weighted by atomic mass is 16.2. The number of carbonyl (C=O) groups is 2. The van der Waals surface area contributed by atoms with E-state index in [2.05, 4.69) is 4.98 Å². The number of pyridine rings is 1. The summed E-state index contributed by atoms with van der Waals surface area (Å²) in [5, 5.41) is 0. The Labute approximate surface area is 135 Å². The third-order valence-electron chi connectivity index (χ3n) is 4.04. The van der Waals surface area contributed by atoms with Gasteiger partial charge in [0.15, 0.2) is 0 Å². The topological polar surface area (TPSA) is 53.5 Å². The fraction of sp³-hybridized carbons (Fsp3) is 0.278. The number of anilines is 1. The number of benzene rings is 1. The second-order valence-electron chi connectivity index (χ2n) is 5.62. The van der Waals surface area contributed by atoms with E-state index < -0.39 is 0 Å². The lowest BCUT2D eigenvalue weighted by atomic mass is 10.2. The number of nitrogens with zero attached hydrogens (tertiary/aromatic N) is 3. The standard InChI is InChI=1S/C18H19N3O2/c1-14(22)20(12-16-7-4-5-10-19-16)13-18(23)21-11-9-15-6-2-3-8-17(15)21/h2-8,10H,9,11-13H2,1H3. The van der Waals surface area contributed by atoms with Crippen LogP contribution >= 0.6 is 0 Å². The van der Waals surface area contributed by atoms with Gasteiger partial charge < -0.3 is 9.80 Å². The molecule has 2 heterocycles. The second-order valence-corrected chi connectivity index (χ2v) is 5.62. The van der Waals surface area contributed by atoms with Crippen molar-refractivity contribution in [1.82, 2.24) is 9.88 Å². The molecule has 1 aliphatic heterocycles. The average molecular weight is 309 g/mol. The van der Waals surface area contributed by atoms with Crippen molar-refractivity contribution < 1.29 is 9.59 Å². The normalized spacial score (nSPS) is 12.8. The molecule has 118 valence electrons. The maximum atomic E-state index is 12.6. The van der Waals surface area contributed by atoms with Gasteiger partial charge in [0.2, 0.25) is 11.8 Å². The molecule has 0 fully saturated rings. The van der Waals surface area contributed by atoms with Gasteiger partial charge in [-0.15, -0.1) is 0 Å². The van der Waals surface area contributed by atoms with Gasteiger partial charge in [0.25, 0.3) is 0 Å². The molecule has 1 aromatic heterocycles. The van der Waals surface area contributed by atoms with Crippen LogP contribution in [-0.4, -0.2) is 34.8 Å². The van der Waals surface area contributed by atoms with Gasteiger partial charge in [-0.1, -0.05) is 24.3 Å². The van der Waals surface area contributed by atoms with Crippen molar-refractivity contribution in [3.8, 4) is 0 Å². The first kappa shape index (κ1) is 15.2. The molecule has 23 heavy (non-hydrogen) atoms. The minimum atomic E-state index is -0.128. The number of hydrogen-bond donors (Lipinski definition) is 0. The van der Waals surface area contributed by atoms with Gasteiger partial charge in [0.05, 0.1) is 12.2 Å². The summed E-state index contributed by atoms with van der Waals surface area (Å²) in [6, 6.07) is 13.5. The first-order valence-electron chi connectivity index (χ1n) is 7.69. The fourth-order valence-corrected chi connectivity index (χ4v) is 2.81. The number of amides is 2. The molecule has 0 N–H and O–H groups in total. The van der Waals surface area contributed by atoms with E-state index in [1.807, 2.05) is 42.5 Å². The number of rotatable bonds is 4. The van der Waals surface area contributed by atoms with Gasteiger partial charge in [-0.3, -0.25) is 14.6 Å². The van der Waals surface area contributed by atoms with E-state index in [0.717, 1.165) is 17.8 Å². The number of carbonyl (C=O) groups excluding carboxylic acids is 2. The molecule has 2 aromatic rings. The summed E-state index contributed by atoms with van der Waals surface area (Å²) in [6.07, 6.45) is 2.55. The predicted molar refractivity (Wildman–Crippen MR) is 87.8 cm³/mol. The molecule has 5 heteroatoms. The second kappa shape index (κ2) is 6.60. The predicted octanol–water partition coefficient (Wildman–Crippen LogP) is 2.02. The van der Waals surface area contributed by atoms with E-state index in [9.17, 15) is 9.59 Å². The lowest BCUT2D eigenvalue weighted by Crippen LogP contribution is -2.41. The summed E-state index contributed by atoms with van der Waals surface area (Å²) in [7, 11) is 0. The van der Waals surface area contributed by atoms with E-state index in [4.69, 9.17) is 0 Å². The number of hydrogen-bond acceptors (Lipinski definition) is 3. The van der Waals surface area contributed by atoms with Crippen molar-refractivity contribution >= 4 is 17.5 Å². The van der Waals surface area contributed by atoms with Crippen molar-refractivity contribution in [2.45, 2.75) is 19.9 Å².